The van der Waals surface area contributed by atoms with Gasteiger partial charge in [0.25, 0.3) is 0 Å². The SMILES string of the molecule is CCCSc1nc2n(n1)C(c1ccncc1)C1=C(CC(C)(C)CC1=O)N2. The Balaban J connectivity index is 1.83. The molecule has 136 valence electrons. The molecular weight excluding hydrogens is 346 g/mol. The third kappa shape index (κ3) is 3.05. The molecule has 26 heavy (non-hydrogen) atoms. The number of fused-ring (bicyclic) bond motifs is 1. The molecule has 1 unspecified atom stereocenters. The largest absolute Gasteiger partial charge is 0.328 e. The molecular formula is C19H23N5OS. The van der Waals surface area contributed by atoms with E-state index < -0.39 is 0 Å². The summed E-state index contributed by atoms with van der Waals surface area (Å²) in [4.78, 5) is 21.8. The first-order chi connectivity index (χ1) is 12.5. The van der Waals surface area contributed by atoms with E-state index in [2.05, 4.69) is 36.1 Å². The maximum Gasteiger partial charge on any atom is 0.227 e. The minimum absolute atomic E-state index is 0.0479. The molecule has 7 heteroatoms. The highest BCUT2D eigenvalue weighted by Gasteiger charge is 2.41. The van der Waals surface area contributed by atoms with Crippen LogP contribution >= 0.6 is 11.8 Å². The molecule has 0 fully saturated rings. The van der Waals surface area contributed by atoms with Crippen molar-refractivity contribution in [3.63, 3.8) is 0 Å². The van der Waals surface area contributed by atoms with Crippen LogP contribution < -0.4 is 5.32 Å². The zero-order chi connectivity index (χ0) is 18.3. The maximum atomic E-state index is 13.0. The number of hydrogen-bond donors (Lipinski definition) is 1. The summed E-state index contributed by atoms with van der Waals surface area (Å²) < 4.78 is 1.86. The number of pyridine rings is 1. The van der Waals surface area contributed by atoms with E-state index in [9.17, 15) is 4.79 Å². The molecule has 6 nitrogen and oxygen atoms in total. The van der Waals surface area contributed by atoms with Crippen molar-refractivity contribution in [2.75, 3.05) is 11.1 Å². The van der Waals surface area contributed by atoms with Gasteiger partial charge < -0.3 is 5.32 Å². The molecule has 1 aliphatic heterocycles. The molecule has 2 aromatic rings. The molecule has 1 aliphatic carbocycles. The molecule has 4 rings (SSSR count). The van der Waals surface area contributed by atoms with Gasteiger partial charge in [-0.1, -0.05) is 32.5 Å². The highest BCUT2D eigenvalue weighted by atomic mass is 32.2. The van der Waals surface area contributed by atoms with Gasteiger partial charge in [0.05, 0.1) is 0 Å². The topological polar surface area (TPSA) is 72.7 Å². The van der Waals surface area contributed by atoms with Crippen molar-refractivity contribution in [2.45, 2.75) is 51.2 Å². The summed E-state index contributed by atoms with van der Waals surface area (Å²) in [6.07, 6.45) is 5.98. The van der Waals surface area contributed by atoms with Gasteiger partial charge in [-0.3, -0.25) is 9.78 Å². The standard InChI is InChI=1S/C19H23N5OS/c1-4-9-26-18-22-17-21-13-10-19(2,3)11-14(25)15(13)16(24(17)23-18)12-5-7-20-8-6-12/h5-8,16H,4,9-11H2,1-3H3,(H,21,22,23). The smallest absolute Gasteiger partial charge is 0.227 e. The summed E-state index contributed by atoms with van der Waals surface area (Å²) in [6, 6.07) is 3.67. The summed E-state index contributed by atoms with van der Waals surface area (Å²) in [5.41, 5.74) is 2.77. The van der Waals surface area contributed by atoms with Crippen LogP contribution in [-0.2, 0) is 4.79 Å². The van der Waals surface area contributed by atoms with Crippen molar-refractivity contribution in [3.8, 4) is 0 Å². The van der Waals surface area contributed by atoms with Gasteiger partial charge >= 0.3 is 0 Å². The number of ketones is 1. The summed E-state index contributed by atoms with van der Waals surface area (Å²) in [5.74, 6) is 1.88. The van der Waals surface area contributed by atoms with Crippen LogP contribution in [0.1, 0.15) is 51.6 Å². The Kier molecular flexibility index (Phi) is 4.34. The van der Waals surface area contributed by atoms with Crippen molar-refractivity contribution in [2.24, 2.45) is 5.41 Å². The van der Waals surface area contributed by atoms with Crippen LogP contribution in [-0.4, -0.2) is 31.3 Å². The fourth-order valence-corrected chi connectivity index (χ4v) is 4.38. The molecule has 0 aromatic carbocycles. The molecule has 0 saturated carbocycles. The molecule has 0 radical (unpaired) electrons. The second-order valence-corrected chi connectivity index (χ2v) is 8.71. The Morgan fingerprint density at radius 1 is 1.31 bits per heavy atom. The number of hydrogen-bond acceptors (Lipinski definition) is 6. The van der Waals surface area contributed by atoms with Crippen molar-refractivity contribution >= 4 is 23.5 Å². The first kappa shape index (κ1) is 17.3. The number of rotatable bonds is 4. The van der Waals surface area contributed by atoms with Gasteiger partial charge in [-0.05, 0) is 36.0 Å². The lowest BCUT2D eigenvalue weighted by molar-refractivity contribution is -0.118. The molecule has 1 atom stereocenters. The lowest BCUT2D eigenvalue weighted by Gasteiger charge is -2.38. The maximum absolute atomic E-state index is 13.0. The van der Waals surface area contributed by atoms with Crippen molar-refractivity contribution in [1.82, 2.24) is 19.7 Å². The number of thioether (sulfide) groups is 1. The van der Waals surface area contributed by atoms with Crippen LogP contribution in [0.5, 0.6) is 0 Å². The number of carbonyl (C=O) groups is 1. The van der Waals surface area contributed by atoms with Gasteiger partial charge in [-0.15, -0.1) is 5.10 Å². The summed E-state index contributed by atoms with van der Waals surface area (Å²) in [6.45, 7) is 6.42. The molecule has 1 N–H and O–H groups in total. The predicted molar refractivity (Wildman–Crippen MR) is 102 cm³/mol. The van der Waals surface area contributed by atoms with Crippen LogP contribution in [0.25, 0.3) is 0 Å². The Hall–Kier alpha value is -2.15. The van der Waals surface area contributed by atoms with Crippen molar-refractivity contribution < 1.29 is 4.79 Å². The first-order valence-corrected chi connectivity index (χ1v) is 9.99. The molecule has 2 aliphatic rings. The number of carbonyl (C=O) groups excluding carboxylic acids is 1. The van der Waals surface area contributed by atoms with Crippen LogP contribution in [0.2, 0.25) is 0 Å². The summed E-state index contributed by atoms with van der Waals surface area (Å²) in [7, 11) is 0. The number of aromatic nitrogens is 4. The summed E-state index contributed by atoms with van der Waals surface area (Å²) >= 11 is 1.65. The number of nitrogens with one attached hydrogen (secondary N) is 1. The Morgan fingerprint density at radius 2 is 2.08 bits per heavy atom. The molecule has 2 aromatic heterocycles. The van der Waals surface area contributed by atoms with Gasteiger partial charge in [-0.25, -0.2) is 4.68 Å². The summed E-state index contributed by atoms with van der Waals surface area (Å²) in [5, 5.41) is 8.86. The molecule has 0 bridgehead atoms. The minimum atomic E-state index is -0.240. The second kappa shape index (κ2) is 6.54. The van der Waals surface area contributed by atoms with Gasteiger partial charge in [0.15, 0.2) is 5.78 Å². The van der Waals surface area contributed by atoms with E-state index in [0.717, 1.165) is 46.5 Å². The van der Waals surface area contributed by atoms with Crippen molar-refractivity contribution in [3.05, 3.63) is 41.4 Å². The lowest BCUT2D eigenvalue weighted by atomic mass is 9.73. The number of allylic oxidation sites excluding steroid dienone is 2. The normalized spacial score (nSPS) is 21.2. The fraction of sp³-hybridized carbons (Fsp3) is 0.474. The second-order valence-electron chi connectivity index (χ2n) is 7.65. The number of Topliss-reactive ketones (excluding diaryl/α,β-unsaturated/α-hetero) is 1. The zero-order valence-corrected chi connectivity index (χ0v) is 16.1. The average Bonchev–Trinajstić information content (AvgIpc) is 3.00. The minimum Gasteiger partial charge on any atom is -0.328 e. The van der Waals surface area contributed by atoms with Crippen LogP contribution in [0.15, 0.2) is 41.0 Å². The zero-order valence-electron chi connectivity index (χ0n) is 15.3. The third-order valence-corrected chi connectivity index (χ3v) is 5.81. The quantitative estimate of drug-likeness (QED) is 0.826. The van der Waals surface area contributed by atoms with Gasteiger partial charge in [-0.2, -0.15) is 4.98 Å². The van der Waals surface area contributed by atoms with Crippen LogP contribution in [0.3, 0.4) is 0 Å². The highest BCUT2D eigenvalue weighted by molar-refractivity contribution is 7.99. The molecule has 3 heterocycles. The average molecular weight is 369 g/mol. The Morgan fingerprint density at radius 3 is 2.81 bits per heavy atom. The fourth-order valence-electron chi connectivity index (χ4n) is 3.70. The monoisotopic (exact) mass is 369 g/mol. The van der Waals surface area contributed by atoms with E-state index in [0.29, 0.717) is 6.42 Å². The molecule has 0 amide bonds. The Labute approximate surface area is 157 Å². The number of nitrogens with zero attached hydrogens (tertiary/aromatic N) is 4. The van der Waals surface area contributed by atoms with Crippen molar-refractivity contribution in [1.29, 1.82) is 0 Å². The van der Waals surface area contributed by atoms with E-state index in [1.807, 2.05) is 16.8 Å². The molecule has 0 spiro atoms. The van der Waals surface area contributed by atoms with E-state index in [1.54, 1.807) is 24.2 Å². The van der Waals surface area contributed by atoms with Gasteiger partial charge in [0, 0.05) is 35.8 Å². The third-order valence-electron chi connectivity index (χ3n) is 4.77. The van der Waals surface area contributed by atoms with E-state index in [-0.39, 0.29) is 17.2 Å². The van der Waals surface area contributed by atoms with E-state index in [1.165, 1.54) is 0 Å². The predicted octanol–water partition coefficient (Wildman–Crippen LogP) is 3.83. The Bertz CT molecular complexity index is 871. The van der Waals surface area contributed by atoms with Gasteiger partial charge in [0.2, 0.25) is 11.1 Å². The van der Waals surface area contributed by atoms with Crippen LogP contribution in [0.4, 0.5) is 5.95 Å². The first-order valence-electron chi connectivity index (χ1n) is 9.01. The van der Waals surface area contributed by atoms with Gasteiger partial charge in [0.1, 0.15) is 6.04 Å². The lowest BCUT2D eigenvalue weighted by Crippen LogP contribution is -2.36. The van der Waals surface area contributed by atoms with E-state index >= 15 is 0 Å². The van der Waals surface area contributed by atoms with Crippen LogP contribution in [0, 0.1) is 5.41 Å². The highest BCUT2D eigenvalue weighted by Crippen LogP contribution is 2.45. The molecule has 0 saturated heterocycles. The van der Waals surface area contributed by atoms with E-state index in [4.69, 9.17) is 5.10 Å². The number of anilines is 1.